The van der Waals surface area contributed by atoms with Crippen molar-refractivity contribution in [3.8, 4) is 5.75 Å². The van der Waals surface area contributed by atoms with Gasteiger partial charge in [-0.2, -0.15) is 5.10 Å². The number of carbonyl (C=O) groups is 1. The number of aromatic nitrogens is 2. The molecule has 0 spiro atoms. The molecule has 0 bridgehead atoms. The molecule has 1 N–H and O–H groups in total. The molecule has 0 aliphatic carbocycles. The van der Waals surface area contributed by atoms with Crippen molar-refractivity contribution < 1.29 is 23.4 Å². The molecule has 0 amide bonds. The maximum absolute atomic E-state index is 14.2. The van der Waals surface area contributed by atoms with Gasteiger partial charge in [0.1, 0.15) is 5.82 Å². The van der Waals surface area contributed by atoms with Gasteiger partial charge >= 0.3 is 6.09 Å². The number of hydrogen-bond donors (Lipinski definition) is 1. The zero-order valence-electron chi connectivity index (χ0n) is 14.0. The van der Waals surface area contributed by atoms with E-state index in [4.69, 9.17) is 9.84 Å². The molecule has 1 aliphatic rings. The van der Waals surface area contributed by atoms with Crippen molar-refractivity contribution in [1.82, 2.24) is 9.78 Å². The van der Waals surface area contributed by atoms with Crippen molar-refractivity contribution in [2.24, 2.45) is 0 Å². The Morgan fingerprint density at radius 1 is 1.27 bits per heavy atom. The summed E-state index contributed by atoms with van der Waals surface area (Å²) in [6.07, 6.45) is 0.908. The third kappa shape index (κ3) is 3.24. The van der Waals surface area contributed by atoms with Crippen molar-refractivity contribution in [2.75, 3.05) is 25.1 Å². The fourth-order valence-corrected chi connectivity index (χ4v) is 3.28. The highest BCUT2D eigenvalue weighted by molar-refractivity contribution is 5.66. The lowest BCUT2D eigenvalue weighted by atomic mass is 9.88. The van der Waals surface area contributed by atoms with Gasteiger partial charge in [0.2, 0.25) is 0 Å². The van der Waals surface area contributed by atoms with Crippen molar-refractivity contribution in [2.45, 2.75) is 18.8 Å². The van der Waals surface area contributed by atoms with Crippen LogP contribution >= 0.6 is 0 Å². The Morgan fingerprint density at radius 3 is 2.50 bits per heavy atom. The Morgan fingerprint density at radius 2 is 1.92 bits per heavy atom. The Balaban J connectivity index is 1.78. The Bertz CT molecular complexity index is 892. The molecule has 1 aromatic carbocycles. The smallest absolute Gasteiger partial charge is 0.435 e. The fraction of sp³-hybridized carbons (Fsp3) is 0.353. The summed E-state index contributed by atoms with van der Waals surface area (Å²) in [6, 6.07) is 3.33. The van der Waals surface area contributed by atoms with Crippen molar-refractivity contribution in [1.29, 1.82) is 0 Å². The molecule has 0 unspecified atom stereocenters. The summed E-state index contributed by atoms with van der Waals surface area (Å²) in [5.41, 5.74) is -0.0147. The Hall–Kier alpha value is -2.97. The van der Waals surface area contributed by atoms with Crippen LogP contribution in [-0.4, -0.2) is 41.2 Å². The monoisotopic (exact) mass is 365 g/mol. The third-order valence-electron chi connectivity index (χ3n) is 4.53. The predicted molar refractivity (Wildman–Crippen MR) is 89.0 cm³/mol. The zero-order chi connectivity index (χ0) is 18.8. The van der Waals surface area contributed by atoms with Crippen molar-refractivity contribution in [3.05, 3.63) is 51.9 Å². The molecule has 26 heavy (non-hydrogen) atoms. The summed E-state index contributed by atoms with van der Waals surface area (Å²) in [7, 11) is 1.31. The van der Waals surface area contributed by atoms with E-state index in [-0.39, 0.29) is 17.2 Å². The topological polar surface area (TPSA) is 84.7 Å². The summed E-state index contributed by atoms with van der Waals surface area (Å²) < 4.78 is 33.5. The SMILES string of the molecule is COc1c(F)ccc(F)c1C1CCN(c2cnn(C(=O)O)c(=O)c2)CC1. The maximum atomic E-state index is 14.2. The molecule has 0 saturated carbocycles. The predicted octanol–water partition coefficient (Wildman–Crippen LogP) is 2.44. The lowest BCUT2D eigenvalue weighted by Crippen LogP contribution is -2.35. The van der Waals surface area contributed by atoms with Crippen molar-refractivity contribution in [3.63, 3.8) is 0 Å². The van der Waals surface area contributed by atoms with Gasteiger partial charge in [0.25, 0.3) is 5.56 Å². The fourth-order valence-electron chi connectivity index (χ4n) is 3.28. The lowest BCUT2D eigenvalue weighted by molar-refractivity contribution is 0.191. The van der Waals surface area contributed by atoms with Crippen LogP contribution < -0.4 is 15.2 Å². The summed E-state index contributed by atoms with van der Waals surface area (Å²) >= 11 is 0. The second kappa shape index (κ2) is 7.11. The number of anilines is 1. The van der Waals surface area contributed by atoms with Gasteiger partial charge in [-0.25, -0.2) is 13.6 Å². The molecule has 0 radical (unpaired) electrons. The van der Waals surface area contributed by atoms with Crippen molar-refractivity contribution >= 4 is 11.8 Å². The molecule has 1 aromatic heterocycles. The molecule has 1 fully saturated rings. The van der Waals surface area contributed by atoms with E-state index in [0.29, 0.717) is 36.3 Å². The highest BCUT2D eigenvalue weighted by atomic mass is 19.1. The Labute approximate surface area is 147 Å². The van der Waals surface area contributed by atoms with Gasteiger partial charge in [-0.05, 0) is 30.9 Å². The Kier molecular flexibility index (Phi) is 4.88. The molecule has 138 valence electrons. The van der Waals surface area contributed by atoms with Crippen LogP contribution in [0.2, 0.25) is 0 Å². The molecular formula is C17H17F2N3O4. The normalized spacial score (nSPS) is 15.1. The molecule has 1 saturated heterocycles. The van der Waals surface area contributed by atoms with E-state index >= 15 is 0 Å². The summed E-state index contributed by atoms with van der Waals surface area (Å²) in [5.74, 6) is -1.40. The molecule has 0 atom stereocenters. The van der Waals surface area contributed by atoms with Crippen LogP contribution in [0, 0.1) is 11.6 Å². The highest BCUT2D eigenvalue weighted by Gasteiger charge is 2.28. The molecular weight excluding hydrogens is 348 g/mol. The average molecular weight is 365 g/mol. The van der Waals surface area contributed by atoms with E-state index in [2.05, 4.69) is 5.10 Å². The van der Waals surface area contributed by atoms with Gasteiger partial charge in [-0.3, -0.25) is 4.79 Å². The third-order valence-corrected chi connectivity index (χ3v) is 4.53. The summed E-state index contributed by atoms with van der Waals surface area (Å²) in [5, 5.41) is 12.5. The summed E-state index contributed by atoms with van der Waals surface area (Å²) in [4.78, 5) is 24.5. The number of methoxy groups -OCH3 is 1. The van der Waals surface area contributed by atoms with Gasteiger partial charge in [0, 0.05) is 24.7 Å². The van der Waals surface area contributed by atoms with Gasteiger partial charge in [0.05, 0.1) is 19.0 Å². The molecule has 3 rings (SSSR count). The van der Waals surface area contributed by atoms with Crippen LogP contribution in [0.1, 0.15) is 24.3 Å². The number of carboxylic acid groups (broad SMARTS) is 1. The number of benzene rings is 1. The standard InChI is InChI=1S/C17H17F2N3O4/c1-26-16-13(19)3-2-12(18)15(16)10-4-6-21(7-5-10)11-8-14(23)22(17(24)25)20-9-11/h2-3,8-10H,4-7H2,1H3,(H,24,25). The number of rotatable bonds is 3. The minimum absolute atomic E-state index is 0.0748. The molecule has 1 aliphatic heterocycles. The maximum Gasteiger partial charge on any atom is 0.435 e. The van der Waals surface area contributed by atoms with E-state index in [0.717, 1.165) is 12.1 Å². The number of hydrogen-bond acceptors (Lipinski definition) is 5. The zero-order valence-corrected chi connectivity index (χ0v) is 14.0. The number of halogens is 2. The van der Waals surface area contributed by atoms with E-state index in [1.165, 1.54) is 19.4 Å². The minimum atomic E-state index is -1.45. The van der Waals surface area contributed by atoms with Gasteiger partial charge in [-0.15, -0.1) is 4.68 Å². The van der Waals surface area contributed by atoms with Crippen LogP contribution in [0.3, 0.4) is 0 Å². The quantitative estimate of drug-likeness (QED) is 0.899. The average Bonchev–Trinajstić information content (AvgIpc) is 2.63. The van der Waals surface area contributed by atoms with Crippen LogP contribution in [0.15, 0.2) is 29.2 Å². The minimum Gasteiger partial charge on any atom is -0.493 e. The van der Waals surface area contributed by atoms with Gasteiger partial charge in [0.15, 0.2) is 11.6 Å². The first-order chi connectivity index (χ1) is 12.4. The van der Waals surface area contributed by atoms with Crippen LogP contribution in [0.4, 0.5) is 19.3 Å². The number of nitrogens with zero attached hydrogens (tertiary/aromatic N) is 3. The number of ether oxygens (including phenoxy) is 1. The van der Waals surface area contributed by atoms with Crippen LogP contribution in [0.5, 0.6) is 5.75 Å². The summed E-state index contributed by atoms with van der Waals surface area (Å²) in [6.45, 7) is 0.976. The molecule has 2 aromatic rings. The molecule has 2 heterocycles. The van der Waals surface area contributed by atoms with Gasteiger partial charge < -0.3 is 14.7 Å². The highest BCUT2D eigenvalue weighted by Crippen LogP contribution is 2.38. The first kappa shape index (κ1) is 17.8. The van der Waals surface area contributed by atoms with E-state index < -0.39 is 23.3 Å². The first-order valence-electron chi connectivity index (χ1n) is 8.02. The van der Waals surface area contributed by atoms with E-state index in [9.17, 15) is 18.4 Å². The van der Waals surface area contributed by atoms with Crippen LogP contribution in [0.25, 0.3) is 0 Å². The van der Waals surface area contributed by atoms with Gasteiger partial charge in [-0.1, -0.05) is 0 Å². The molecule has 7 nitrogen and oxygen atoms in total. The largest absolute Gasteiger partial charge is 0.493 e. The second-order valence-electron chi connectivity index (χ2n) is 5.98. The second-order valence-corrected chi connectivity index (χ2v) is 5.98. The van der Waals surface area contributed by atoms with E-state index in [1.54, 1.807) is 0 Å². The van der Waals surface area contributed by atoms with Crippen LogP contribution in [-0.2, 0) is 0 Å². The lowest BCUT2D eigenvalue weighted by Gasteiger charge is -2.34. The van der Waals surface area contributed by atoms with E-state index in [1.807, 2.05) is 4.90 Å². The molecule has 9 heteroatoms. The number of piperidine rings is 1. The first-order valence-corrected chi connectivity index (χ1v) is 8.02.